The molecule has 1 N–H and O–H groups in total. The van der Waals surface area contributed by atoms with Crippen LogP contribution in [-0.2, 0) is 19.5 Å². The molecule has 4 aromatic rings. The Kier molecular flexibility index (Phi) is 10.5. The van der Waals surface area contributed by atoms with Crippen LogP contribution in [0, 0.1) is 6.92 Å². The normalized spacial score (nSPS) is 11.9. The van der Waals surface area contributed by atoms with Crippen LogP contribution in [-0.4, -0.2) is 73.9 Å². The molecule has 13 nitrogen and oxygen atoms in total. The molecule has 0 aliphatic carbocycles. The van der Waals surface area contributed by atoms with Gasteiger partial charge in [0.25, 0.3) is 10.0 Å². The van der Waals surface area contributed by atoms with Gasteiger partial charge in [-0.15, -0.1) is 5.06 Å². The predicted octanol–water partition coefficient (Wildman–Crippen LogP) is 6.60. The summed E-state index contributed by atoms with van der Waals surface area (Å²) in [4.78, 5) is 33.9. The van der Waals surface area contributed by atoms with Gasteiger partial charge in [0.1, 0.15) is 23.6 Å². The number of hydroxylamine groups is 2. The van der Waals surface area contributed by atoms with Gasteiger partial charge in [0.05, 0.1) is 28.3 Å². The van der Waals surface area contributed by atoms with Crippen LogP contribution in [0.4, 0.5) is 21.0 Å². The summed E-state index contributed by atoms with van der Waals surface area (Å²) >= 11 is 0. The number of hydrogen-bond donors (Lipinski definition) is 1. The van der Waals surface area contributed by atoms with Crippen molar-refractivity contribution in [3.8, 4) is 11.5 Å². The SMILES string of the molecule is Cc1nn(C(=O)OC(C)(C)C)c2cc(OCCN(Oc3ccccc3NS(=O)(=O)c3cccc(N(C)C)c3)C(=O)OC(C)(C)C)ccc12. The van der Waals surface area contributed by atoms with Crippen LogP contribution in [0.2, 0.25) is 0 Å². The van der Waals surface area contributed by atoms with Crippen molar-refractivity contribution in [1.82, 2.24) is 14.8 Å². The number of ether oxygens (including phenoxy) is 3. The number of fused-ring (bicyclic) bond motifs is 1. The minimum absolute atomic E-state index is 0.0461. The standard InChI is InChI=1S/C34H43N5O8S/c1-23-27-18-17-25(22-29(27)39(35-23)32(41)46-34(5,6)7)44-20-19-38(31(40)45-33(2,3)4)47-30-16-11-10-15-28(30)36-48(42,43)26-14-12-13-24(21-26)37(8)9/h10-18,21-22,36H,19-20H2,1-9H3. The number of aromatic nitrogens is 2. The third-order valence-electron chi connectivity index (χ3n) is 6.55. The Morgan fingerprint density at radius 1 is 0.896 bits per heavy atom. The maximum Gasteiger partial charge on any atom is 0.443 e. The molecule has 48 heavy (non-hydrogen) atoms. The van der Waals surface area contributed by atoms with Crippen molar-refractivity contribution in [2.24, 2.45) is 0 Å². The Bertz CT molecular complexity index is 1890. The first-order valence-corrected chi connectivity index (χ1v) is 16.7. The van der Waals surface area contributed by atoms with E-state index in [1.165, 1.54) is 22.9 Å². The molecule has 0 aliphatic rings. The van der Waals surface area contributed by atoms with Gasteiger partial charge in [-0.05, 0) is 90.9 Å². The largest absolute Gasteiger partial charge is 0.492 e. The van der Waals surface area contributed by atoms with E-state index in [9.17, 15) is 18.0 Å². The Labute approximate surface area is 281 Å². The molecule has 1 heterocycles. The quantitative estimate of drug-likeness (QED) is 0.182. The molecule has 14 heteroatoms. The summed E-state index contributed by atoms with van der Waals surface area (Å²) in [5, 5.41) is 6.05. The zero-order valence-electron chi connectivity index (χ0n) is 28.7. The van der Waals surface area contributed by atoms with E-state index in [4.69, 9.17) is 19.0 Å². The number of nitrogens with one attached hydrogen (secondary N) is 1. The number of amides is 1. The number of para-hydroxylation sites is 2. The van der Waals surface area contributed by atoms with Crippen molar-refractivity contribution in [2.45, 2.75) is 64.6 Å². The smallest absolute Gasteiger partial charge is 0.443 e. The molecular formula is C34H43N5O8S. The third-order valence-corrected chi connectivity index (χ3v) is 7.91. The minimum Gasteiger partial charge on any atom is -0.492 e. The van der Waals surface area contributed by atoms with E-state index >= 15 is 0 Å². The molecule has 4 rings (SSSR count). The van der Waals surface area contributed by atoms with E-state index in [1.54, 1.807) is 102 Å². The van der Waals surface area contributed by atoms with Gasteiger partial charge in [-0.3, -0.25) is 4.72 Å². The average molecular weight is 682 g/mol. The number of rotatable bonds is 10. The van der Waals surface area contributed by atoms with Crippen molar-refractivity contribution in [1.29, 1.82) is 0 Å². The molecule has 258 valence electrons. The van der Waals surface area contributed by atoms with Crippen LogP contribution in [0.3, 0.4) is 0 Å². The van der Waals surface area contributed by atoms with Crippen LogP contribution >= 0.6 is 0 Å². The molecule has 1 amide bonds. The lowest BCUT2D eigenvalue weighted by Crippen LogP contribution is -2.41. The van der Waals surface area contributed by atoms with Gasteiger partial charge in [0.2, 0.25) is 0 Å². The van der Waals surface area contributed by atoms with E-state index in [0.29, 0.717) is 22.6 Å². The molecule has 0 aliphatic heterocycles. The number of carbonyl (C=O) groups is 2. The lowest BCUT2D eigenvalue weighted by atomic mass is 10.2. The van der Waals surface area contributed by atoms with E-state index in [0.717, 1.165) is 10.4 Å². The molecule has 0 bridgehead atoms. The van der Waals surface area contributed by atoms with Gasteiger partial charge in [-0.2, -0.15) is 9.78 Å². The van der Waals surface area contributed by atoms with E-state index in [-0.39, 0.29) is 29.5 Å². The monoisotopic (exact) mass is 681 g/mol. The highest BCUT2D eigenvalue weighted by Gasteiger charge is 2.26. The molecule has 0 saturated carbocycles. The first-order valence-electron chi connectivity index (χ1n) is 15.3. The molecule has 0 radical (unpaired) electrons. The highest BCUT2D eigenvalue weighted by molar-refractivity contribution is 7.92. The predicted molar refractivity (Wildman–Crippen MR) is 183 cm³/mol. The summed E-state index contributed by atoms with van der Waals surface area (Å²) in [6.45, 7) is 12.1. The lowest BCUT2D eigenvalue weighted by molar-refractivity contribution is -0.0762. The first-order chi connectivity index (χ1) is 22.3. The van der Waals surface area contributed by atoms with Gasteiger partial charge in [0.15, 0.2) is 5.75 Å². The van der Waals surface area contributed by atoms with E-state index < -0.39 is 33.4 Å². The van der Waals surface area contributed by atoms with Crippen molar-refractivity contribution in [2.75, 3.05) is 36.9 Å². The van der Waals surface area contributed by atoms with Crippen LogP contribution in [0.15, 0.2) is 71.6 Å². The molecule has 0 fully saturated rings. The Morgan fingerprint density at radius 3 is 2.25 bits per heavy atom. The highest BCUT2D eigenvalue weighted by atomic mass is 32.2. The van der Waals surface area contributed by atoms with Crippen LogP contribution in [0.25, 0.3) is 10.9 Å². The topological polar surface area (TPSA) is 142 Å². The summed E-state index contributed by atoms with van der Waals surface area (Å²) in [6.07, 6.45) is -1.43. The number of carbonyl (C=O) groups excluding carboxylic acids is 2. The van der Waals surface area contributed by atoms with Gasteiger partial charge in [0, 0.05) is 31.2 Å². The van der Waals surface area contributed by atoms with E-state index in [2.05, 4.69) is 9.82 Å². The fraction of sp³-hybridized carbons (Fsp3) is 0.382. The summed E-state index contributed by atoms with van der Waals surface area (Å²) in [5.41, 5.74) is 0.406. The second-order valence-electron chi connectivity index (χ2n) is 13.2. The molecule has 0 atom stereocenters. The Hall–Kier alpha value is -4.98. The molecular weight excluding hydrogens is 638 g/mol. The van der Waals surface area contributed by atoms with E-state index in [1.807, 2.05) is 14.1 Å². The Balaban J connectivity index is 1.55. The van der Waals surface area contributed by atoms with Crippen molar-refractivity contribution < 1.29 is 37.1 Å². The van der Waals surface area contributed by atoms with Crippen molar-refractivity contribution in [3.63, 3.8) is 0 Å². The summed E-state index contributed by atoms with van der Waals surface area (Å²) in [5.74, 6) is 0.471. The Morgan fingerprint density at radius 2 is 1.58 bits per heavy atom. The number of hydrogen-bond acceptors (Lipinski definition) is 10. The number of aryl methyl sites for hydroxylation is 1. The van der Waals surface area contributed by atoms with Gasteiger partial charge < -0.3 is 23.9 Å². The highest BCUT2D eigenvalue weighted by Crippen LogP contribution is 2.29. The summed E-state index contributed by atoms with van der Waals surface area (Å²) < 4.78 is 47.5. The van der Waals surface area contributed by atoms with Crippen LogP contribution in [0.1, 0.15) is 47.2 Å². The van der Waals surface area contributed by atoms with Crippen molar-refractivity contribution >= 4 is 44.5 Å². The number of anilines is 2. The zero-order valence-corrected chi connectivity index (χ0v) is 29.5. The molecule has 0 saturated heterocycles. The molecule has 1 aromatic heterocycles. The summed E-state index contributed by atoms with van der Waals surface area (Å²) in [7, 11) is -0.392. The van der Waals surface area contributed by atoms with Gasteiger partial charge in [-0.1, -0.05) is 18.2 Å². The average Bonchev–Trinajstić information content (AvgIpc) is 3.31. The molecule has 0 spiro atoms. The number of nitrogens with zero attached hydrogens (tertiary/aromatic N) is 4. The maximum absolute atomic E-state index is 13.3. The third kappa shape index (κ3) is 9.31. The zero-order chi connectivity index (χ0) is 35.4. The second-order valence-corrected chi connectivity index (χ2v) is 14.9. The molecule has 3 aromatic carbocycles. The summed E-state index contributed by atoms with van der Waals surface area (Å²) in [6, 6.07) is 18.0. The lowest BCUT2D eigenvalue weighted by Gasteiger charge is -2.27. The maximum atomic E-state index is 13.3. The van der Waals surface area contributed by atoms with Crippen molar-refractivity contribution in [3.05, 3.63) is 72.4 Å². The van der Waals surface area contributed by atoms with Crippen LogP contribution < -0.4 is 19.2 Å². The second kappa shape index (κ2) is 14.0. The molecule has 0 unspecified atom stereocenters. The first kappa shape index (κ1) is 35.9. The minimum atomic E-state index is -4.02. The fourth-order valence-corrected chi connectivity index (χ4v) is 5.51. The van der Waals surface area contributed by atoms with Crippen LogP contribution in [0.5, 0.6) is 11.5 Å². The number of benzene rings is 3. The fourth-order valence-electron chi connectivity index (χ4n) is 4.40. The van der Waals surface area contributed by atoms with Gasteiger partial charge in [-0.25, -0.2) is 18.0 Å². The van der Waals surface area contributed by atoms with Gasteiger partial charge >= 0.3 is 12.2 Å². The number of sulfonamides is 1.